The van der Waals surface area contributed by atoms with Crippen molar-refractivity contribution in [3.8, 4) is 5.75 Å². The maximum absolute atomic E-state index is 13.9. The van der Waals surface area contributed by atoms with Gasteiger partial charge < -0.3 is 9.84 Å². The van der Waals surface area contributed by atoms with Gasteiger partial charge in [0.05, 0.1) is 21.8 Å². The molecule has 0 bridgehead atoms. The summed E-state index contributed by atoms with van der Waals surface area (Å²) in [5.41, 5.74) is 1.89. The van der Waals surface area contributed by atoms with Crippen LogP contribution in [-0.4, -0.2) is 21.8 Å². The number of Topliss-reactive ketones (excluding diaryl/α,β-unsaturated/α-hetero) is 1. The first-order valence-electron chi connectivity index (χ1n) is 12.3. The van der Waals surface area contributed by atoms with Crippen LogP contribution < -0.4 is 9.64 Å². The molecular formula is C31H20F2N2O4S. The van der Waals surface area contributed by atoms with E-state index in [1.165, 1.54) is 35.2 Å². The Labute approximate surface area is 231 Å². The second-order valence-corrected chi connectivity index (χ2v) is 10.1. The van der Waals surface area contributed by atoms with Crippen LogP contribution in [0.4, 0.5) is 13.9 Å². The Morgan fingerprint density at radius 1 is 0.900 bits per heavy atom. The molecule has 1 aromatic heterocycles. The number of amides is 1. The summed E-state index contributed by atoms with van der Waals surface area (Å²) in [5, 5.41) is 11.4. The largest absolute Gasteiger partial charge is 0.507 e. The summed E-state index contributed by atoms with van der Waals surface area (Å²) < 4.78 is 33.9. The van der Waals surface area contributed by atoms with Crippen LogP contribution >= 0.6 is 11.3 Å². The molecule has 9 heteroatoms. The molecule has 1 unspecified atom stereocenters. The molecule has 0 spiro atoms. The lowest BCUT2D eigenvalue weighted by atomic mass is 9.95. The topological polar surface area (TPSA) is 79.7 Å². The minimum absolute atomic E-state index is 0.168. The molecule has 6 nitrogen and oxygen atoms in total. The van der Waals surface area contributed by atoms with Gasteiger partial charge in [-0.25, -0.2) is 13.8 Å². The van der Waals surface area contributed by atoms with Gasteiger partial charge in [0.25, 0.3) is 5.78 Å². The number of anilines is 1. The average Bonchev–Trinajstić information content (AvgIpc) is 3.50. The third kappa shape index (κ3) is 4.71. The molecule has 2 heterocycles. The van der Waals surface area contributed by atoms with Crippen molar-refractivity contribution in [2.45, 2.75) is 12.6 Å². The van der Waals surface area contributed by atoms with Crippen molar-refractivity contribution in [1.29, 1.82) is 0 Å². The Hall–Kier alpha value is -4.89. The van der Waals surface area contributed by atoms with Crippen LogP contribution in [0.2, 0.25) is 0 Å². The number of ketones is 1. The zero-order valence-corrected chi connectivity index (χ0v) is 21.6. The number of aliphatic hydroxyl groups is 1. The predicted octanol–water partition coefficient (Wildman–Crippen LogP) is 6.78. The minimum Gasteiger partial charge on any atom is -0.507 e. The molecule has 40 heavy (non-hydrogen) atoms. The van der Waals surface area contributed by atoms with E-state index in [-0.39, 0.29) is 16.3 Å². The van der Waals surface area contributed by atoms with Crippen LogP contribution in [-0.2, 0) is 16.2 Å². The highest BCUT2D eigenvalue weighted by molar-refractivity contribution is 7.22. The summed E-state index contributed by atoms with van der Waals surface area (Å²) >= 11 is 1.05. The molecule has 1 saturated heterocycles. The van der Waals surface area contributed by atoms with Crippen LogP contribution in [0.3, 0.4) is 0 Å². The molecule has 1 aliphatic heterocycles. The predicted molar refractivity (Wildman–Crippen MR) is 148 cm³/mol. The number of rotatable bonds is 6. The van der Waals surface area contributed by atoms with Crippen molar-refractivity contribution in [1.82, 2.24) is 4.98 Å². The van der Waals surface area contributed by atoms with E-state index in [1.54, 1.807) is 24.3 Å². The number of hydrogen-bond donors (Lipinski definition) is 1. The maximum Gasteiger partial charge on any atom is 0.301 e. The number of aromatic nitrogens is 1. The van der Waals surface area contributed by atoms with Crippen LogP contribution in [0.15, 0.2) is 103 Å². The minimum atomic E-state index is -1.07. The number of carbonyl (C=O) groups excluding carboxylic acids is 2. The lowest BCUT2D eigenvalue weighted by Crippen LogP contribution is -2.29. The molecule has 198 valence electrons. The average molecular weight is 555 g/mol. The molecule has 0 aliphatic carbocycles. The maximum atomic E-state index is 13.9. The summed E-state index contributed by atoms with van der Waals surface area (Å²) in [5.74, 6) is -2.76. The van der Waals surface area contributed by atoms with Gasteiger partial charge in [0.2, 0.25) is 0 Å². The van der Waals surface area contributed by atoms with E-state index in [0.717, 1.165) is 29.0 Å². The van der Waals surface area contributed by atoms with E-state index >= 15 is 0 Å². The Morgan fingerprint density at radius 3 is 2.42 bits per heavy atom. The number of fused-ring (bicyclic) bond motifs is 1. The monoisotopic (exact) mass is 554 g/mol. The number of hydrogen-bond acceptors (Lipinski definition) is 6. The first kappa shape index (κ1) is 25.4. The highest BCUT2D eigenvalue weighted by Gasteiger charge is 2.48. The van der Waals surface area contributed by atoms with Gasteiger partial charge in [-0.3, -0.25) is 14.5 Å². The van der Waals surface area contributed by atoms with Gasteiger partial charge in [0, 0.05) is 5.56 Å². The van der Waals surface area contributed by atoms with E-state index in [1.807, 2.05) is 30.3 Å². The Balaban J connectivity index is 1.47. The molecular weight excluding hydrogens is 534 g/mol. The van der Waals surface area contributed by atoms with Gasteiger partial charge >= 0.3 is 5.91 Å². The van der Waals surface area contributed by atoms with Gasteiger partial charge in [0.15, 0.2) is 5.13 Å². The van der Waals surface area contributed by atoms with Crippen molar-refractivity contribution in [3.63, 3.8) is 0 Å². The van der Waals surface area contributed by atoms with Crippen molar-refractivity contribution in [3.05, 3.63) is 131 Å². The van der Waals surface area contributed by atoms with Gasteiger partial charge in [-0.1, -0.05) is 53.8 Å². The van der Waals surface area contributed by atoms with Gasteiger partial charge in [-0.15, -0.1) is 0 Å². The summed E-state index contributed by atoms with van der Waals surface area (Å²) in [6, 6.07) is 24.4. The number of carbonyl (C=O) groups is 2. The van der Waals surface area contributed by atoms with E-state index < -0.39 is 35.1 Å². The van der Waals surface area contributed by atoms with E-state index in [2.05, 4.69) is 4.98 Å². The third-order valence-corrected chi connectivity index (χ3v) is 7.55. The van der Waals surface area contributed by atoms with Gasteiger partial charge in [-0.05, 0) is 65.7 Å². The summed E-state index contributed by atoms with van der Waals surface area (Å²) in [4.78, 5) is 32.6. The van der Waals surface area contributed by atoms with Gasteiger partial charge in [-0.2, -0.15) is 0 Å². The molecule has 6 rings (SSSR count). The van der Waals surface area contributed by atoms with Crippen LogP contribution in [0.5, 0.6) is 5.75 Å². The fraction of sp³-hybridized carbons (Fsp3) is 0.0645. The fourth-order valence-corrected chi connectivity index (χ4v) is 5.63. The second-order valence-electron chi connectivity index (χ2n) is 9.13. The normalized spacial score (nSPS) is 16.6. The molecule has 0 saturated carbocycles. The number of halogens is 2. The van der Waals surface area contributed by atoms with Crippen LogP contribution in [0.1, 0.15) is 22.7 Å². The van der Waals surface area contributed by atoms with E-state index in [9.17, 15) is 23.5 Å². The molecule has 1 N–H and O–H groups in total. The molecule has 0 radical (unpaired) electrons. The fourth-order valence-electron chi connectivity index (χ4n) is 4.61. The quantitative estimate of drug-likeness (QED) is 0.142. The zero-order chi connectivity index (χ0) is 27.8. The Morgan fingerprint density at radius 2 is 1.65 bits per heavy atom. The van der Waals surface area contributed by atoms with Crippen molar-refractivity contribution in [2.75, 3.05) is 4.90 Å². The third-order valence-electron chi connectivity index (χ3n) is 6.53. The first-order chi connectivity index (χ1) is 19.4. The molecule has 1 amide bonds. The smallest absolute Gasteiger partial charge is 0.301 e. The highest BCUT2D eigenvalue weighted by atomic mass is 32.1. The molecule has 1 atom stereocenters. The highest BCUT2D eigenvalue weighted by Crippen LogP contribution is 2.45. The summed E-state index contributed by atoms with van der Waals surface area (Å²) in [6.07, 6.45) is 0. The Kier molecular flexibility index (Phi) is 6.57. The van der Waals surface area contributed by atoms with Crippen LogP contribution in [0, 0.1) is 11.6 Å². The second kappa shape index (κ2) is 10.3. The van der Waals surface area contributed by atoms with E-state index in [0.29, 0.717) is 28.1 Å². The zero-order valence-electron chi connectivity index (χ0n) is 20.8. The molecule has 1 fully saturated rings. The molecule has 1 aliphatic rings. The van der Waals surface area contributed by atoms with Crippen molar-refractivity contribution >= 4 is 44.1 Å². The SMILES string of the molecule is O=C1C(=O)N(c2nc3ccc(F)cc3s2)C(c2cccc(OCc3ccccc3)c2)C1=C(O)c1ccc(F)cc1. The number of ether oxygens (including phenoxy) is 1. The lowest BCUT2D eigenvalue weighted by molar-refractivity contribution is -0.132. The van der Waals surface area contributed by atoms with Crippen molar-refractivity contribution in [2.24, 2.45) is 0 Å². The molecule has 5 aromatic rings. The number of benzene rings is 4. The van der Waals surface area contributed by atoms with E-state index in [4.69, 9.17) is 4.74 Å². The summed E-state index contributed by atoms with van der Waals surface area (Å²) in [6.45, 7) is 0.295. The number of aliphatic hydroxyl groups excluding tert-OH is 1. The number of nitrogens with zero attached hydrogens (tertiary/aromatic N) is 2. The lowest BCUT2D eigenvalue weighted by Gasteiger charge is -2.23. The van der Waals surface area contributed by atoms with Crippen LogP contribution in [0.25, 0.3) is 16.0 Å². The van der Waals surface area contributed by atoms with Gasteiger partial charge in [0.1, 0.15) is 29.8 Å². The summed E-state index contributed by atoms with van der Waals surface area (Å²) in [7, 11) is 0. The molecule has 4 aromatic carbocycles. The van der Waals surface area contributed by atoms with Crippen molar-refractivity contribution < 1.29 is 28.2 Å². The first-order valence-corrected chi connectivity index (χ1v) is 13.1. The number of thiazole rings is 1. The Bertz CT molecular complexity index is 1780. The standard InChI is InChI=1S/C31H20F2N2O4S/c32-21-11-9-19(10-12-21)28(36)26-27(20-7-4-8-23(15-20)39-17-18-5-2-1-3-6-18)35(30(38)29(26)37)31-34-24-14-13-22(33)16-25(24)40-31/h1-16,27,36H,17H2.